The Kier molecular flexibility index (Phi) is 4.32. The zero-order valence-electron chi connectivity index (χ0n) is 12.4. The highest BCUT2D eigenvalue weighted by Gasteiger charge is 2.30. The van der Waals surface area contributed by atoms with Crippen molar-refractivity contribution in [2.45, 2.75) is 31.9 Å². The maximum atomic E-state index is 12.5. The Morgan fingerprint density at radius 1 is 1.00 bits per heavy atom. The summed E-state index contributed by atoms with van der Waals surface area (Å²) in [7, 11) is 0. The minimum atomic E-state index is -4.38. The van der Waals surface area contributed by atoms with E-state index in [-0.39, 0.29) is 0 Å². The third kappa shape index (κ3) is 3.70. The van der Waals surface area contributed by atoms with Crippen LogP contribution in [0.25, 0.3) is 0 Å². The zero-order valence-corrected chi connectivity index (χ0v) is 12.4. The van der Waals surface area contributed by atoms with Gasteiger partial charge in [-0.3, -0.25) is 5.43 Å². The zero-order chi connectivity index (χ0) is 16.3. The average Bonchev–Trinajstić information content (AvgIpc) is 2.75. The van der Waals surface area contributed by atoms with Crippen LogP contribution < -0.4 is 5.43 Å². The Balaban J connectivity index is 1.80. The third-order valence-corrected chi connectivity index (χ3v) is 3.83. The van der Waals surface area contributed by atoms with E-state index in [1.807, 2.05) is 18.2 Å². The fraction of sp³-hybridized carbons (Fsp3) is 0.294. The lowest BCUT2D eigenvalue weighted by atomic mass is 10.0. The molecular formula is C17H16F3N3. The van der Waals surface area contributed by atoms with E-state index in [1.165, 1.54) is 11.6 Å². The molecule has 0 radical (unpaired) electrons. The molecule has 0 amide bonds. The number of aryl methyl sites for hydroxylation is 1. The van der Waals surface area contributed by atoms with Gasteiger partial charge < -0.3 is 0 Å². The van der Waals surface area contributed by atoms with Crippen molar-refractivity contribution in [3.8, 4) is 0 Å². The monoisotopic (exact) mass is 319 g/mol. The van der Waals surface area contributed by atoms with Crippen LogP contribution in [0.3, 0.4) is 0 Å². The first kappa shape index (κ1) is 15.5. The molecule has 1 aromatic carbocycles. The predicted octanol–water partition coefficient (Wildman–Crippen LogP) is 4.64. The Bertz CT molecular complexity index is 706. The summed E-state index contributed by atoms with van der Waals surface area (Å²) in [6, 6.07) is 10.4. The molecule has 0 unspecified atom stereocenters. The molecule has 1 N–H and O–H groups in total. The van der Waals surface area contributed by atoms with Gasteiger partial charge in [0.2, 0.25) is 0 Å². The lowest BCUT2D eigenvalue weighted by molar-refractivity contribution is -0.137. The molecule has 1 aromatic heterocycles. The van der Waals surface area contributed by atoms with E-state index in [2.05, 4.69) is 21.6 Å². The number of alkyl halides is 3. The summed E-state index contributed by atoms with van der Waals surface area (Å²) < 4.78 is 37.6. The molecule has 3 nitrogen and oxygen atoms in total. The standard InChI is InChI=1S/C17H16F3N3/c18-17(19,20)13-9-10-16(21-11-13)23-22-15-8-4-2-6-12-5-1-3-7-14(12)15/h1,3,5,7,9-11H,2,4,6,8H2,(H,21,23)/b22-15+. The summed E-state index contributed by atoms with van der Waals surface area (Å²) >= 11 is 0. The first-order valence-corrected chi connectivity index (χ1v) is 7.48. The molecule has 2 aromatic rings. The van der Waals surface area contributed by atoms with Gasteiger partial charge in [-0.25, -0.2) is 4.98 Å². The Morgan fingerprint density at radius 2 is 1.78 bits per heavy atom. The summed E-state index contributed by atoms with van der Waals surface area (Å²) in [5.41, 5.74) is 5.28. The number of benzene rings is 1. The van der Waals surface area contributed by atoms with Crippen LogP contribution in [0.2, 0.25) is 0 Å². The van der Waals surface area contributed by atoms with Crippen LogP contribution in [0.5, 0.6) is 0 Å². The van der Waals surface area contributed by atoms with Crippen molar-refractivity contribution in [3.05, 3.63) is 59.3 Å². The fourth-order valence-electron chi connectivity index (χ4n) is 2.63. The maximum Gasteiger partial charge on any atom is 0.417 e. The molecule has 0 aliphatic heterocycles. The lowest BCUT2D eigenvalue weighted by Gasteiger charge is -2.09. The highest BCUT2D eigenvalue weighted by atomic mass is 19.4. The van der Waals surface area contributed by atoms with Crippen LogP contribution in [-0.2, 0) is 12.6 Å². The van der Waals surface area contributed by atoms with Gasteiger partial charge in [0, 0.05) is 11.8 Å². The molecule has 0 atom stereocenters. The van der Waals surface area contributed by atoms with Gasteiger partial charge in [-0.15, -0.1) is 0 Å². The van der Waals surface area contributed by atoms with E-state index in [4.69, 9.17) is 0 Å². The summed E-state index contributed by atoms with van der Waals surface area (Å²) in [6.07, 6.45) is 0.434. The number of halogens is 3. The van der Waals surface area contributed by atoms with Crippen molar-refractivity contribution in [1.29, 1.82) is 0 Å². The van der Waals surface area contributed by atoms with Crippen molar-refractivity contribution in [2.75, 3.05) is 5.43 Å². The van der Waals surface area contributed by atoms with Gasteiger partial charge in [0.05, 0.1) is 11.3 Å². The molecule has 1 aliphatic carbocycles. The van der Waals surface area contributed by atoms with Crippen molar-refractivity contribution < 1.29 is 13.2 Å². The molecule has 1 heterocycles. The Morgan fingerprint density at radius 3 is 2.52 bits per heavy atom. The number of fused-ring (bicyclic) bond motifs is 1. The fourth-order valence-corrected chi connectivity index (χ4v) is 2.63. The van der Waals surface area contributed by atoms with Gasteiger partial charge in [-0.1, -0.05) is 24.3 Å². The minimum absolute atomic E-state index is 0.298. The van der Waals surface area contributed by atoms with E-state index >= 15 is 0 Å². The smallest absolute Gasteiger partial charge is 0.261 e. The highest BCUT2D eigenvalue weighted by molar-refractivity contribution is 6.02. The van der Waals surface area contributed by atoms with Crippen LogP contribution in [0.15, 0.2) is 47.7 Å². The Hall–Kier alpha value is -2.37. The molecule has 23 heavy (non-hydrogen) atoms. The van der Waals surface area contributed by atoms with Gasteiger partial charge in [0.15, 0.2) is 0 Å². The third-order valence-electron chi connectivity index (χ3n) is 3.83. The van der Waals surface area contributed by atoms with E-state index in [0.29, 0.717) is 5.82 Å². The molecule has 0 fully saturated rings. The van der Waals surface area contributed by atoms with Crippen LogP contribution in [0, 0.1) is 0 Å². The molecule has 120 valence electrons. The van der Waals surface area contributed by atoms with Crippen molar-refractivity contribution >= 4 is 11.5 Å². The number of nitrogens with one attached hydrogen (secondary N) is 1. The van der Waals surface area contributed by atoms with Gasteiger partial charge in [-0.05, 0) is 43.4 Å². The Labute approximate surface area is 132 Å². The second kappa shape index (κ2) is 6.40. The summed E-state index contributed by atoms with van der Waals surface area (Å²) in [5, 5.41) is 4.37. The second-order valence-corrected chi connectivity index (χ2v) is 5.46. The number of pyridine rings is 1. The average molecular weight is 319 g/mol. The quantitative estimate of drug-likeness (QED) is 0.646. The first-order valence-electron chi connectivity index (χ1n) is 7.48. The van der Waals surface area contributed by atoms with E-state index in [0.717, 1.165) is 49.2 Å². The molecule has 0 bridgehead atoms. The van der Waals surface area contributed by atoms with Gasteiger partial charge in [-0.2, -0.15) is 18.3 Å². The van der Waals surface area contributed by atoms with Gasteiger partial charge in [0.1, 0.15) is 5.82 Å². The van der Waals surface area contributed by atoms with E-state index in [1.54, 1.807) is 0 Å². The largest absolute Gasteiger partial charge is 0.417 e. The number of anilines is 1. The number of hydrogen-bond donors (Lipinski definition) is 1. The van der Waals surface area contributed by atoms with Gasteiger partial charge >= 0.3 is 6.18 Å². The number of rotatable bonds is 2. The second-order valence-electron chi connectivity index (χ2n) is 5.46. The van der Waals surface area contributed by atoms with Gasteiger partial charge in [0.25, 0.3) is 0 Å². The number of nitrogens with zero attached hydrogens (tertiary/aromatic N) is 2. The first-order chi connectivity index (χ1) is 11.0. The topological polar surface area (TPSA) is 37.3 Å². The molecule has 0 saturated carbocycles. The molecule has 1 aliphatic rings. The van der Waals surface area contributed by atoms with E-state index in [9.17, 15) is 13.2 Å². The summed E-state index contributed by atoms with van der Waals surface area (Å²) in [6.45, 7) is 0. The normalized spacial score (nSPS) is 16.7. The van der Waals surface area contributed by atoms with E-state index < -0.39 is 11.7 Å². The lowest BCUT2D eigenvalue weighted by Crippen LogP contribution is -2.07. The maximum absolute atomic E-state index is 12.5. The highest BCUT2D eigenvalue weighted by Crippen LogP contribution is 2.29. The number of aromatic nitrogens is 1. The van der Waals surface area contributed by atoms with Crippen molar-refractivity contribution in [3.63, 3.8) is 0 Å². The van der Waals surface area contributed by atoms with Crippen LogP contribution in [0.1, 0.15) is 36.0 Å². The summed E-state index contributed by atoms with van der Waals surface area (Å²) in [5.74, 6) is 0.298. The predicted molar refractivity (Wildman–Crippen MR) is 83.4 cm³/mol. The summed E-state index contributed by atoms with van der Waals surface area (Å²) in [4.78, 5) is 3.77. The van der Waals surface area contributed by atoms with Crippen molar-refractivity contribution in [2.24, 2.45) is 5.10 Å². The van der Waals surface area contributed by atoms with Crippen molar-refractivity contribution in [1.82, 2.24) is 4.98 Å². The minimum Gasteiger partial charge on any atom is -0.261 e. The number of hydrazone groups is 1. The molecular weight excluding hydrogens is 303 g/mol. The van der Waals surface area contributed by atoms with Crippen LogP contribution >= 0.6 is 0 Å². The molecule has 0 spiro atoms. The molecule has 0 saturated heterocycles. The number of hydrogen-bond acceptors (Lipinski definition) is 3. The SMILES string of the molecule is FC(F)(F)c1ccc(N/N=C2\CCCCc3ccccc32)nc1. The molecule has 3 rings (SSSR count). The van der Waals surface area contributed by atoms with Crippen LogP contribution in [0.4, 0.5) is 19.0 Å². The van der Waals surface area contributed by atoms with Crippen LogP contribution in [-0.4, -0.2) is 10.7 Å². The molecule has 6 heteroatoms.